The molecule has 3 nitrogen and oxygen atoms in total. The van der Waals surface area contributed by atoms with Crippen LogP contribution < -0.4 is 4.74 Å². The molecule has 15 heavy (non-hydrogen) atoms. The number of aromatic carboxylic acids is 1. The maximum Gasteiger partial charge on any atom is 0.335 e. The minimum Gasteiger partial charge on any atom is -0.493 e. The second-order valence-corrected chi connectivity index (χ2v) is 3.27. The molecule has 0 atom stereocenters. The van der Waals surface area contributed by atoms with Crippen LogP contribution in [0.2, 0.25) is 0 Å². The van der Waals surface area contributed by atoms with E-state index < -0.39 is 5.97 Å². The lowest BCUT2D eigenvalue weighted by Crippen LogP contribution is -2.00. The lowest BCUT2D eigenvalue weighted by atomic mass is 10.1. The van der Waals surface area contributed by atoms with Crippen LogP contribution in [0.4, 0.5) is 0 Å². The standard InChI is InChI=1S/C12H14O3/c1-3-4-5-15-11-7-9(2)6-10(8-11)12(13)14/h3,6-8H,1,4-5H2,2H3,(H,13,14). The largest absolute Gasteiger partial charge is 0.493 e. The zero-order valence-corrected chi connectivity index (χ0v) is 8.69. The van der Waals surface area contributed by atoms with Gasteiger partial charge in [-0.25, -0.2) is 4.79 Å². The molecule has 1 rings (SSSR count). The number of carbonyl (C=O) groups is 1. The zero-order valence-electron chi connectivity index (χ0n) is 8.69. The third kappa shape index (κ3) is 3.46. The second-order valence-electron chi connectivity index (χ2n) is 3.27. The van der Waals surface area contributed by atoms with E-state index in [0.29, 0.717) is 12.4 Å². The van der Waals surface area contributed by atoms with Crippen molar-refractivity contribution in [2.24, 2.45) is 0 Å². The van der Waals surface area contributed by atoms with Gasteiger partial charge in [0, 0.05) is 0 Å². The van der Waals surface area contributed by atoms with Crippen LogP contribution in [0.25, 0.3) is 0 Å². The monoisotopic (exact) mass is 206 g/mol. The molecule has 0 spiro atoms. The number of carboxylic acids is 1. The van der Waals surface area contributed by atoms with Crippen LogP contribution in [0.15, 0.2) is 30.9 Å². The van der Waals surface area contributed by atoms with Crippen molar-refractivity contribution in [1.29, 1.82) is 0 Å². The van der Waals surface area contributed by atoms with Gasteiger partial charge >= 0.3 is 5.97 Å². The third-order valence-electron chi connectivity index (χ3n) is 1.89. The number of benzene rings is 1. The third-order valence-corrected chi connectivity index (χ3v) is 1.89. The van der Waals surface area contributed by atoms with Crippen LogP contribution in [0.1, 0.15) is 22.3 Å². The Morgan fingerprint density at radius 1 is 1.53 bits per heavy atom. The van der Waals surface area contributed by atoms with Crippen LogP contribution in [-0.2, 0) is 0 Å². The van der Waals surface area contributed by atoms with Crippen molar-refractivity contribution in [2.75, 3.05) is 6.61 Å². The Labute approximate surface area is 89.0 Å². The lowest BCUT2D eigenvalue weighted by Gasteiger charge is -2.06. The van der Waals surface area contributed by atoms with E-state index in [4.69, 9.17) is 9.84 Å². The average molecular weight is 206 g/mol. The van der Waals surface area contributed by atoms with Gasteiger partial charge < -0.3 is 9.84 Å². The van der Waals surface area contributed by atoms with Crippen LogP contribution in [0, 0.1) is 6.92 Å². The predicted molar refractivity (Wildman–Crippen MR) is 58.4 cm³/mol. The first-order chi connectivity index (χ1) is 7.13. The highest BCUT2D eigenvalue weighted by molar-refractivity contribution is 5.88. The van der Waals surface area contributed by atoms with Crippen LogP contribution in [0.3, 0.4) is 0 Å². The van der Waals surface area contributed by atoms with Gasteiger partial charge in [0.25, 0.3) is 0 Å². The van der Waals surface area contributed by atoms with E-state index in [-0.39, 0.29) is 5.56 Å². The Morgan fingerprint density at radius 2 is 2.27 bits per heavy atom. The second kappa shape index (κ2) is 5.20. The number of rotatable bonds is 5. The van der Waals surface area contributed by atoms with Crippen LogP contribution in [-0.4, -0.2) is 17.7 Å². The number of aryl methyl sites for hydroxylation is 1. The summed E-state index contributed by atoms with van der Waals surface area (Å²) in [4.78, 5) is 10.8. The molecule has 0 amide bonds. The van der Waals surface area contributed by atoms with Crippen molar-refractivity contribution in [3.63, 3.8) is 0 Å². The van der Waals surface area contributed by atoms with Gasteiger partial charge in [-0.15, -0.1) is 6.58 Å². The van der Waals surface area contributed by atoms with Crippen LogP contribution >= 0.6 is 0 Å². The van der Waals surface area contributed by atoms with Crippen molar-refractivity contribution in [3.05, 3.63) is 42.0 Å². The molecule has 0 aliphatic carbocycles. The Bertz CT molecular complexity index is 369. The minimum absolute atomic E-state index is 0.253. The van der Waals surface area contributed by atoms with Gasteiger partial charge in [-0.05, 0) is 37.1 Å². The van der Waals surface area contributed by atoms with E-state index in [1.807, 2.05) is 13.0 Å². The molecular weight excluding hydrogens is 192 g/mol. The first-order valence-corrected chi connectivity index (χ1v) is 4.72. The van der Waals surface area contributed by atoms with E-state index >= 15 is 0 Å². The molecule has 80 valence electrons. The summed E-state index contributed by atoms with van der Waals surface area (Å²) in [6, 6.07) is 4.96. The molecule has 1 N–H and O–H groups in total. The molecule has 0 bridgehead atoms. The summed E-state index contributed by atoms with van der Waals surface area (Å²) < 4.78 is 5.38. The van der Waals surface area contributed by atoms with Gasteiger partial charge in [0.05, 0.1) is 12.2 Å². The number of carboxylic acid groups (broad SMARTS) is 1. The topological polar surface area (TPSA) is 46.5 Å². The van der Waals surface area contributed by atoms with Crippen molar-refractivity contribution in [1.82, 2.24) is 0 Å². The van der Waals surface area contributed by atoms with E-state index in [1.54, 1.807) is 12.1 Å². The van der Waals surface area contributed by atoms with Gasteiger partial charge in [-0.3, -0.25) is 0 Å². The summed E-state index contributed by atoms with van der Waals surface area (Å²) in [5.41, 5.74) is 1.13. The first-order valence-electron chi connectivity index (χ1n) is 4.72. The lowest BCUT2D eigenvalue weighted by molar-refractivity contribution is 0.0696. The Morgan fingerprint density at radius 3 is 2.87 bits per heavy atom. The molecule has 0 aliphatic heterocycles. The van der Waals surface area contributed by atoms with Crippen molar-refractivity contribution < 1.29 is 14.6 Å². The summed E-state index contributed by atoms with van der Waals surface area (Å²) >= 11 is 0. The molecule has 1 aromatic rings. The molecule has 0 unspecified atom stereocenters. The molecule has 0 saturated heterocycles. The van der Waals surface area contributed by atoms with Crippen LogP contribution in [0.5, 0.6) is 5.75 Å². The quantitative estimate of drug-likeness (QED) is 0.595. The average Bonchev–Trinajstić information content (AvgIpc) is 2.17. The van der Waals surface area contributed by atoms with Crippen molar-refractivity contribution in [2.45, 2.75) is 13.3 Å². The highest BCUT2D eigenvalue weighted by Gasteiger charge is 2.05. The normalized spacial score (nSPS) is 9.67. The highest BCUT2D eigenvalue weighted by atomic mass is 16.5. The highest BCUT2D eigenvalue weighted by Crippen LogP contribution is 2.17. The van der Waals surface area contributed by atoms with Gasteiger partial charge in [0.1, 0.15) is 5.75 Å². The maximum atomic E-state index is 10.8. The van der Waals surface area contributed by atoms with E-state index in [2.05, 4.69) is 6.58 Å². The molecule has 0 fully saturated rings. The van der Waals surface area contributed by atoms with Gasteiger partial charge in [0.2, 0.25) is 0 Å². The fourth-order valence-corrected chi connectivity index (χ4v) is 1.21. The first kappa shape index (κ1) is 11.3. The molecule has 0 aliphatic rings. The Hall–Kier alpha value is -1.77. The van der Waals surface area contributed by atoms with E-state index in [1.165, 1.54) is 6.07 Å². The molecule has 0 saturated carbocycles. The number of ether oxygens (including phenoxy) is 1. The summed E-state index contributed by atoms with van der Waals surface area (Å²) in [5.74, 6) is -0.346. The van der Waals surface area contributed by atoms with Crippen molar-refractivity contribution >= 4 is 5.97 Å². The number of hydrogen-bond acceptors (Lipinski definition) is 2. The van der Waals surface area contributed by atoms with Gasteiger partial charge in [0.15, 0.2) is 0 Å². The Kier molecular flexibility index (Phi) is 3.92. The summed E-state index contributed by atoms with van der Waals surface area (Å²) in [6.45, 7) is 5.94. The molecule has 1 aromatic carbocycles. The molecule has 0 radical (unpaired) electrons. The van der Waals surface area contributed by atoms with E-state index in [0.717, 1.165) is 12.0 Å². The molecule has 0 aromatic heterocycles. The summed E-state index contributed by atoms with van der Waals surface area (Å²) in [5, 5.41) is 8.83. The van der Waals surface area contributed by atoms with Gasteiger partial charge in [-0.1, -0.05) is 6.08 Å². The SMILES string of the molecule is C=CCCOc1cc(C)cc(C(=O)O)c1. The predicted octanol–water partition coefficient (Wildman–Crippen LogP) is 2.65. The fraction of sp³-hybridized carbons (Fsp3) is 0.250. The Balaban J connectivity index is 2.79. The molecule has 0 heterocycles. The number of hydrogen-bond donors (Lipinski definition) is 1. The van der Waals surface area contributed by atoms with E-state index in [9.17, 15) is 4.79 Å². The smallest absolute Gasteiger partial charge is 0.335 e. The molecule has 3 heteroatoms. The van der Waals surface area contributed by atoms with Gasteiger partial charge in [-0.2, -0.15) is 0 Å². The summed E-state index contributed by atoms with van der Waals surface area (Å²) in [7, 11) is 0. The summed E-state index contributed by atoms with van der Waals surface area (Å²) in [6.07, 6.45) is 2.50. The molecular formula is C12H14O3. The minimum atomic E-state index is -0.938. The zero-order chi connectivity index (χ0) is 11.3. The fourth-order valence-electron chi connectivity index (χ4n) is 1.21. The van der Waals surface area contributed by atoms with Crippen molar-refractivity contribution in [3.8, 4) is 5.75 Å². The maximum absolute atomic E-state index is 10.8.